The molecular formula is C11H14ClNO4S. The van der Waals surface area contributed by atoms with Crippen LogP contribution in [-0.4, -0.2) is 48.2 Å². The van der Waals surface area contributed by atoms with Crippen LogP contribution in [0.2, 0.25) is 5.02 Å². The summed E-state index contributed by atoms with van der Waals surface area (Å²) in [7, 11) is -3.73. The molecule has 0 unspecified atom stereocenters. The first-order valence-electron chi connectivity index (χ1n) is 5.45. The van der Waals surface area contributed by atoms with Crippen LogP contribution in [-0.2, 0) is 10.0 Å². The first kappa shape index (κ1) is 13.8. The molecule has 0 aromatic heterocycles. The van der Waals surface area contributed by atoms with E-state index < -0.39 is 22.2 Å². The van der Waals surface area contributed by atoms with E-state index in [1.165, 1.54) is 6.07 Å². The normalized spacial score (nSPS) is 25.6. The molecule has 0 spiro atoms. The Morgan fingerprint density at radius 3 is 2.39 bits per heavy atom. The van der Waals surface area contributed by atoms with Gasteiger partial charge in [0.15, 0.2) is 0 Å². The maximum absolute atomic E-state index is 12.3. The van der Waals surface area contributed by atoms with Crippen LogP contribution in [0.25, 0.3) is 0 Å². The maximum Gasteiger partial charge on any atom is 0.243 e. The highest BCUT2D eigenvalue weighted by molar-refractivity contribution is 7.89. The highest BCUT2D eigenvalue weighted by Crippen LogP contribution is 2.27. The summed E-state index contributed by atoms with van der Waals surface area (Å²) in [4.78, 5) is 0.108. The monoisotopic (exact) mass is 291 g/mol. The molecule has 7 heteroatoms. The first-order valence-corrected chi connectivity index (χ1v) is 7.27. The summed E-state index contributed by atoms with van der Waals surface area (Å²) >= 11 is 5.90. The van der Waals surface area contributed by atoms with Crippen LogP contribution in [0.4, 0.5) is 0 Å². The smallest absolute Gasteiger partial charge is 0.243 e. The zero-order chi connectivity index (χ0) is 13.5. The second-order valence-electron chi connectivity index (χ2n) is 4.32. The summed E-state index contributed by atoms with van der Waals surface area (Å²) in [5, 5.41) is 19.2. The molecule has 2 atom stereocenters. The zero-order valence-electron chi connectivity index (χ0n) is 9.75. The largest absolute Gasteiger partial charge is 0.389 e. The van der Waals surface area contributed by atoms with E-state index in [1.807, 2.05) is 0 Å². The number of sulfonamides is 1. The van der Waals surface area contributed by atoms with Gasteiger partial charge in [-0.25, -0.2) is 8.42 Å². The fraction of sp³-hybridized carbons (Fsp3) is 0.455. The minimum absolute atomic E-state index is 0.102. The number of aliphatic hydroxyl groups excluding tert-OH is 2. The van der Waals surface area contributed by atoms with Crippen molar-refractivity contribution in [2.45, 2.75) is 24.0 Å². The Bertz CT molecular complexity index is 550. The van der Waals surface area contributed by atoms with Crippen LogP contribution >= 0.6 is 11.6 Å². The number of hydrogen-bond acceptors (Lipinski definition) is 4. The first-order chi connectivity index (χ1) is 8.34. The van der Waals surface area contributed by atoms with Gasteiger partial charge in [0.1, 0.15) is 0 Å². The molecule has 2 rings (SSSR count). The van der Waals surface area contributed by atoms with Gasteiger partial charge in [-0.1, -0.05) is 17.7 Å². The van der Waals surface area contributed by atoms with E-state index in [1.54, 1.807) is 19.1 Å². The molecular weight excluding hydrogens is 278 g/mol. The van der Waals surface area contributed by atoms with Crippen molar-refractivity contribution in [2.75, 3.05) is 13.1 Å². The van der Waals surface area contributed by atoms with E-state index in [2.05, 4.69) is 0 Å². The second-order valence-corrected chi connectivity index (χ2v) is 6.63. The van der Waals surface area contributed by atoms with Crippen LogP contribution in [0, 0.1) is 6.92 Å². The van der Waals surface area contributed by atoms with Gasteiger partial charge >= 0.3 is 0 Å². The maximum atomic E-state index is 12.3. The van der Waals surface area contributed by atoms with Gasteiger partial charge < -0.3 is 10.2 Å². The molecule has 1 aliphatic heterocycles. The predicted molar refractivity (Wildman–Crippen MR) is 67.0 cm³/mol. The molecule has 5 nitrogen and oxygen atoms in total. The van der Waals surface area contributed by atoms with Crippen molar-refractivity contribution in [3.05, 3.63) is 28.8 Å². The number of β-amino-alcohol motifs (C(OH)–C–C–N with tert-alkyl or cyclic N) is 2. The molecule has 100 valence electrons. The van der Waals surface area contributed by atoms with Gasteiger partial charge in [-0.15, -0.1) is 0 Å². The summed E-state index contributed by atoms with van der Waals surface area (Å²) in [5.41, 5.74) is 0.468. The standard InChI is InChI=1S/C11H14ClNO4S/c1-7-8(12)3-2-4-11(7)18(16,17)13-5-9(14)10(15)6-13/h2-4,9-10,14-15H,5-6H2,1H3/t9-,10+. The molecule has 1 fully saturated rings. The van der Waals surface area contributed by atoms with Crippen LogP contribution < -0.4 is 0 Å². The summed E-state index contributed by atoms with van der Waals surface area (Å²) in [6.45, 7) is 1.42. The zero-order valence-corrected chi connectivity index (χ0v) is 11.3. The van der Waals surface area contributed by atoms with Gasteiger partial charge in [0.05, 0.1) is 17.1 Å². The fourth-order valence-electron chi connectivity index (χ4n) is 1.94. The lowest BCUT2D eigenvalue weighted by Crippen LogP contribution is -2.30. The Morgan fingerprint density at radius 1 is 1.28 bits per heavy atom. The molecule has 0 bridgehead atoms. The average Bonchev–Trinajstić information content (AvgIpc) is 2.63. The average molecular weight is 292 g/mol. The third kappa shape index (κ3) is 2.26. The molecule has 0 radical (unpaired) electrons. The van der Waals surface area contributed by atoms with Crippen molar-refractivity contribution in [1.82, 2.24) is 4.31 Å². The minimum Gasteiger partial charge on any atom is -0.389 e. The SMILES string of the molecule is Cc1c(Cl)cccc1S(=O)(=O)N1C[C@@H](O)[C@@H](O)C1. The Kier molecular flexibility index (Phi) is 3.66. The van der Waals surface area contributed by atoms with E-state index in [4.69, 9.17) is 11.6 Å². The third-order valence-corrected chi connectivity index (χ3v) is 5.45. The van der Waals surface area contributed by atoms with Gasteiger partial charge in [0, 0.05) is 18.1 Å². The lowest BCUT2D eigenvalue weighted by molar-refractivity contribution is 0.0572. The Balaban J connectivity index is 2.41. The van der Waals surface area contributed by atoms with E-state index in [0.717, 1.165) is 4.31 Å². The van der Waals surface area contributed by atoms with E-state index in [0.29, 0.717) is 10.6 Å². The van der Waals surface area contributed by atoms with E-state index >= 15 is 0 Å². The second kappa shape index (κ2) is 4.79. The quantitative estimate of drug-likeness (QED) is 0.825. The van der Waals surface area contributed by atoms with Crippen LogP contribution in [0.15, 0.2) is 23.1 Å². The fourth-order valence-corrected chi connectivity index (χ4v) is 3.89. The van der Waals surface area contributed by atoms with Gasteiger partial charge in [-0.2, -0.15) is 4.31 Å². The molecule has 1 aromatic rings. The highest BCUT2D eigenvalue weighted by Gasteiger charge is 2.38. The van der Waals surface area contributed by atoms with Gasteiger partial charge in [-0.3, -0.25) is 0 Å². The summed E-state index contributed by atoms with van der Waals surface area (Å²) in [6, 6.07) is 4.64. The Morgan fingerprint density at radius 2 is 1.83 bits per heavy atom. The van der Waals surface area contributed by atoms with Crippen molar-refractivity contribution in [3.8, 4) is 0 Å². The van der Waals surface area contributed by atoms with Crippen molar-refractivity contribution >= 4 is 21.6 Å². The molecule has 1 aromatic carbocycles. The van der Waals surface area contributed by atoms with Crippen LogP contribution in [0.3, 0.4) is 0 Å². The van der Waals surface area contributed by atoms with E-state index in [-0.39, 0.29) is 18.0 Å². The van der Waals surface area contributed by atoms with E-state index in [9.17, 15) is 18.6 Å². The lowest BCUT2D eigenvalue weighted by Gasteiger charge is -2.17. The van der Waals surface area contributed by atoms with Crippen molar-refractivity contribution in [3.63, 3.8) is 0 Å². The summed E-state index contributed by atoms with van der Waals surface area (Å²) in [5.74, 6) is 0. The number of hydrogen-bond donors (Lipinski definition) is 2. The minimum atomic E-state index is -3.73. The molecule has 0 saturated carbocycles. The number of halogens is 1. The van der Waals surface area contributed by atoms with Crippen LogP contribution in [0.1, 0.15) is 5.56 Å². The molecule has 0 aliphatic carbocycles. The molecule has 18 heavy (non-hydrogen) atoms. The third-order valence-electron chi connectivity index (χ3n) is 3.06. The topological polar surface area (TPSA) is 77.8 Å². The lowest BCUT2D eigenvalue weighted by atomic mass is 10.2. The van der Waals surface area contributed by atoms with Gasteiger partial charge in [0.2, 0.25) is 10.0 Å². The van der Waals surface area contributed by atoms with Crippen LogP contribution in [0.5, 0.6) is 0 Å². The number of aliphatic hydroxyl groups is 2. The molecule has 1 saturated heterocycles. The molecule has 1 aliphatic rings. The Hall–Kier alpha value is -0.660. The molecule has 2 N–H and O–H groups in total. The van der Waals surface area contributed by atoms with Crippen molar-refractivity contribution in [1.29, 1.82) is 0 Å². The number of benzene rings is 1. The van der Waals surface area contributed by atoms with Gasteiger partial charge in [0.25, 0.3) is 0 Å². The predicted octanol–water partition coefficient (Wildman–Crippen LogP) is 0.375. The van der Waals surface area contributed by atoms with Crippen molar-refractivity contribution < 1.29 is 18.6 Å². The van der Waals surface area contributed by atoms with Gasteiger partial charge in [-0.05, 0) is 24.6 Å². The molecule has 0 amide bonds. The summed E-state index contributed by atoms with van der Waals surface area (Å²) in [6.07, 6.45) is -2.08. The molecule has 1 heterocycles. The number of rotatable bonds is 2. The van der Waals surface area contributed by atoms with Crippen molar-refractivity contribution in [2.24, 2.45) is 0 Å². The highest BCUT2D eigenvalue weighted by atomic mass is 35.5. The number of nitrogens with zero attached hydrogens (tertiary/aromatic N) is 1. The Labute approximate surface area is 111 Å². The summed E-state index contributed by atoms with van der Waals surface area (Å²) < 4.78 is 25.8.